The number of hydrogen-bond acceptors (Lipinski definition) is 5. The summed E-state index contributed by atoms with van der Waals surface area (Å²) >= 11 is 0. The highest BCUT2D eigenvalue weighted by atomic mass is 16.2. The molecule has 0 radical (unpaired) electrons. The molecule has 0 aliphatic carbocycles. The molecule has 0 unspecified atom stereocenters. The molecule has 0 atom stereocenters. The fourth-order valence-electron chi connectivity index (χ4n) is 2.65. The number of aromatic nitrogens is 5. The first kappa shape index (κ1) is 16.6. The minimum atomic E-state index is -0.311. The van der Waals surface area contributed by atoms with E-state index in [1.165, 1.54) is 10.9 Å². The van der Waals surface area contributed by atoms with E-state index in [1.807, 2.05) is 19.1 Å². The Kier molecular flexibility index (Phi) is 4.69. The number of aryl methyl sites for hydroxylation is 2. The van der Waals surface area contributed by atoms with Gasteiger partial charge in [0.05, 0.1) is 5.56 Å². The first-order valence-electron chi connectivity index (χ1n) is 7.84. The van der Waals surface area contributed by atoms with E-state index >= 15 is 0 Å². The molecular weight excluding hydrogens is 320 g/mol. The molecule has 3 aromatic rings. The Balaban J connectivity index is 1.72. The molecule has 2 N–H and O–H groups in total. The molecule has 0 fully saturated rings. The zero-order chi connectivity index (χ0) is 17.8. The van der Waals surface area contributed by atoms with E-state index in [-0.39, 0.29) is 11.6 Å². The molecule has 8 heteroatoms. The van der Waals surface area contributed by atoms with Gasteiger partial charge in [-0.3, -0.25) is 14.5 Å². The molecule has 8 nitrogen and oxygen atoms in total. The molecule has 2 heterocycles. The van der Waals surface area contributed by atoms with Gasteiger partial charge in [-0.25, -0.2) is 9.78 Å². The maximum absolute atomic E-state index is 12.5. The first-order chi connectivity index (χ1) is 12.1. The number of aromatic amines is 1. The van der Waals surface area contributed by atoms with Crippen LogP contribution in [-0.2, 0) is 6.54 Å². The highest BCUT2D eigenvalue weighted by molar-refractivity contribution is 6.00. The van der Waals surface area contributed by atoms with Crippen molar-refractivity contribution in [2.24, 2.45) is 0 Å². The van der Waals surface area contributed by atoms with Crippen LogP contribution in [-0.4, -0.2) is 37.2 Å². The normalized spacial score (nSPS) is 10.6. The number of amides is 1. The average Bonchev–Trinajstić information content (AvgIpc) is 3.11. The van der Waals surface area contributed by atoms with Crippen LogP contribution >= 0.6 is 0 Å². The zero-order valence-corrected chi connectivity index (χ0v) is 14.0. The summed E-state index contributed by atoms with van der Waals surface area (Å²) in [4.78, 5) is 32.4. The maximum Gasteiger partial charge on any atom is 0.348 e. The Hall–Kier alpha value is -3.29. The van der Waals surface area contributed by atoms with Crippen molar-refractivity contribution in [3.8, 4) is 11.4 Å². The van der Waals surface area contributed by atoms with E-state index in [2.05, 4.69) is 25.5 Å². The highest BCUT2D eigenvalue weighted by Gasteiger charge is 2.14. The van der Waals surface area contributed by atoms with Crippen molar-refractivity contribution in [1.29, 1.82) is 0 Å². The van der Waals surface area contributed by atoms with Crippen molar-refractivity contribution in [2.75, 3.05) is 6.54 Å². The average molecular weight is 338 g/mol. The summed E-state index contributed by atoms with van der Waals surface area (Å²) in [6.07, 6.45) is 1.39. The molecule has 0 aliphatic heterocycles. The SMILES string of the molecule is Cc1cc(C)n(CCNC(=O)c2ccccc2-c2ncn[nH]2)c(=O)n1. The number of hydrogen-bond donors (Lipinski definition) is 2. The second kappa shape index (κ2) is 7.08. The zero-order valence-electron chi connectivity index (χ0n) is 14.0. The molecular formula is C17H18N6O2. The summed E-state index contributed by atoms with van der Waals surface area (Å²) in [5, 5.41) is 9.40. The smallest absolute Gasteiger partial charge is 0.348 e. The standard InChI is InChI=1S/C17H18N6O2/c1-11-9-12(2)23(17(25)21-11)8-7-18-16(24)14-6-4-3-5-13(14)15-19-10-20-22-15/h3-6,9-10H,7-8H2,1-2H3,(H,18,24)(H,19,20,22). The van der Waals surface area contributed by atoms with Crippen molar-refractivity contribution >= 4 is 5.91 Å². The number of H-pyrrole nitrogens is 1. The summed E-state index contributed by atoms with van der Waals surface area (Å²) in [5.41, 5.74) is 2.35. The lowest BCUT2D eigenvalue weighted by Crippen LogP contribution is -2.33. The van der Waals surface area contributed by atoms with Crippen molar-refractivity contribution in [1.82, 2.24) is 30.0 Å². The number of nitrogens with one attached hydrogen (secondary N) is 2. The first-order valence-corrected chi connectivity index (χ1v) is 7.84. The van der Waals surface area contributed by atoms with Gasteiger partial charge in [-0.15, -0.1) is 0 Å². The Bertz CT molecular complexity index is 946. The van der Waals surface area contributed by atoms with Gasteiger partial charge in [-0.05, 0) is 26.0 Å². The lowest BCUT2D eigenvalue weighted by atomic mass is 10.1. The van der Waals surface area contributed by atoms with E-state index in [0.717, 1.165) is 5.69 Å². The van der Waals surface area contributed by atoms with Gasteiger partial charge in [0, 0.05) is 30.0 Å². The van der Waals surface area contributed by atoms with Gasteiger partial charge in [0.25, 0.3) is 5.91 Å². The Morgan fingerprint density at radius 1 is 1.28 bits per heavy atom. The fourth-order valence-corrected chi connectivity index (χ4v) is 2.65. The van der Waals surface area contributed by atoms with Crippen LogP contribution in [0, 0.1) is 13.8 Å². The summed E-state index contributed by atoms with van der Waals surface area (Å²) < 4.78 is 1.54. The second-order valence-corrected chi connectivity index (χ2v) is 5.61. The minimum Gasteiger partial charge on any atom is -0.350 e. The molecule has 3 rings (SSSR count). The predicted octanol–water partition coefficient (Wildman–Crippen LogP) is 1.08. The van der Waals surface area contributed by atoms with Crippen LogP contribution in [0.15, 0.2) is 41.5 Å². The van der Waals surface area contributed by atoms with Gasteiger partial charge in [0.1, 0.15) is 6.33 Å². The molecule has 128 valence electrons. The van der Waals surface area contributed by atoms with Crippen LogP contribution in [0.25, 0.3) is 11.4 Å². The van der Waals surface area contributed by atoms with E-state index in [0.29, 0.717) is 35.7 Å². The lowest BCUT2D eigenvalue weighted by molar-refractivity contribution is 0.0952. The third-order valence-corrected chi connectivity index (χ3v) is 3.81. The second-order valence-electron chi connectivity index (χ2n) is 5.61. The van der Waals surface area contributed by atoms with Crippen LogP contribution < -0.4 is 11.0 Å². The van der Waals surface area contributed by atoms with Gasteiger partial charge in [0.15, 0.2) is 5.82 Å². The molecule has 0 saturated carbocycles. The Morgan fingerprint density at radius 3 is 2.80 bits per heavy atom. The highest BCUT2D eigenvalue weighted by Crippen LogP contribution is 2.19. The molecule has 2 aromatic heterocycles. The van der Waals surface area contributed by atoms with E-state index in [4.69, 9.17) is 0 Å². The van der Waals surface area contributed by atoms with Crippen LogP contribution in [0.1, 0.15) is 21.7 Å². The molecule has 1 aromatic carbocycles. The summed E-state index contributed by atoms with van der Waals surface area (Å²) in [5.74, 6) is 0.290. The molecule has 0 aliphatic rings. The predicted molar refractivity (Wildman–Crippen MR) is 92.1 cm³/mol. The van der Waals surface area contributed by atoms with Crippen molar-refractivity contribution < 1.29 is 4.79 Å². The van der Waals surface area contributed by atoms with Gasteiger partial charge in [-0.1, -0.05) is 18.2 Å². The molecule has 1 amide bonds. The molecule has 0 saturated heterocycles. The van der Waals surface area contributed by atoms with E-state index in [1.54, 1.807) is 25.1 Å². The summed E-state index contributed by atoms with van der Waals surface area (Å²) in [6.45, 7) is 4.29. The number of rotatable bonds is 5. The van der Waals surface area contributed by atoms with E-state index < -0.39 is 0 Å². The van der Waals surface area contributed by atoms with Crippen molar-refractivity contribution in [2.45, 2.75) is 20.4 Å². The number of carbonyl (C=O) groups is 1. The third-order valence-electron chi connectivity index (χ3n) is 3.81. The summed E-state index contributed by atoms with van der Waals surface area (Å²) in [7, 11) is 0. The van der Waals surface area contributed by atoms with Crippen LogP contribution in [0.4, 0.5) is 0 Å². The molecule has 25 heavy (non-hydrogen) atoms. The monoisotopic (exact) mass is 338 g/mol. The maximum atomic E-state index is 12.5. The van der Waals surface area contributed by atoms with E-state index in [9.17, 15) is 9.59 Å². The van der Waals surface area contributed by atoms with Gasteiger partial charge in [-0.2, -0.15) is 10.1 Å². The quantitative estimate of drug-likeness (QED) is 0.724. The largest absolute Gasteiger partial charge is 0.350 e. The third kappa shape index (κ3) is 3.63. The fraction of sp³-hybridized carbons (Fsp3) is 0.235. The van der Waals surface area contributed by atoms with Crippen LogP contribution in [0.2, 0.25) is 0 Å². The van der Waals surface area contributed by atoms with Gasteiger partial charge in [0.2, 0.25) is 0 Å². The van der Waals surface area contributed by atoms with Crippen molar-refractivity contribution in [3.05, 3.63) is 64.1 Å². The minimum absolute atomic E-state index is 0.238. The number of carbonyl (C=O) groups excluding carboxylic acids is 1. The van der Waals surface area contributed by atoms with Gasteiger partial charge >= 0.3 is 5.69 Å². The Labute approximate surface area is 144 Å². The van der Waals surface area contributed by atoms with Gasteiger partial charge < -0.3 is 5.32 Å². The van der Waals surface area contributed by atoms with Crippen LogP contribution in [0.3, 0.4) is 0 Å². The molecule has 0 spiro atoms. The molecule has 0 bridgehead atoms. The Morgan fingerprint density at radius 2 is 2.08 bits per heavy atom. The van der Waals surface area contributed by atoms with Crippen molar-refractivity contribution in [3.63, 3.8) is 0 Å². The van der Waals surface area contributed by atoms with Crippen LogP contribution in [0.5, 0.6) is 0 Å². The number of benzene rings is 1. The summed E-state index contributed by atoms with van der Waals surface area (Å²) in [6, 6.07) is 8.97. The topological polar surface area (TPSA) is 106 Å². The number of nitrogens with zero attached hydrogens (tertiary/aromatic N) is 4. The lowest BCUT2D eigenvalue weighted by Gasteiger charge is -2.11.